The Hall–Kier alpha value is -2.63. The Bertz CT molecular complexity index is 1450. The van der Waals surface area contributed by atoms with Gasteiger partial charge in [-0.15, -0.1) is 0 Å². The fourth-order valence-corrected chi connectivity index (χ4v) is 9.61. The van der Waals surface area contributed by atoms with E-state index in [4.69, 9.17) is 9.47 Å². The number of ether oxygens (including phenoxy) is 2. The first-order chi connectivity index (χ1) is 36.8. The minimum absolute atomic E-state index is 0.139. The minimum atomic E-state index is -1.56. The second kappa shape index (κ2) is 54.7. The summed E-state index contributed by atoms with van der Waals surface area (Å²) >= 11 is 0. The Kier molecular flexibility index (Phi) is 51.3. The van der Waals surface area contributed by atoms with E-state index in [1.807, 2.05) is 0 Å². The number of unbranched alkanes of at least 4 members (excludes halogenated alkanes) is 29. The molecule has 1 aliphatic rings. The molecule has 0 bridgehead atoms. The predicted octanol–water partition coefficient (Wildman–Crippen LogP) is 16.2. The third-order valence-electron chi connectivity index (χ3n) is 14.5. The number of aliphatic hydroxyl groups excluding tert-OH is 5. The van der Waals surface area contributed by atoms with Gasteiger partial charge in [-0.2, -0.15) is 0 Å². The Balaban J connectivity index is 2.10. The predicted molar refractivity (Wildman–Crippen MR) is 318 cm³/mol. The van der Waals surface area contributed by atoms with Gasteiger partial charge in [0.1, 0.15) is 24.4 Å². The summed E-state index contributed by atoms with van der Waals surface area (Å²) in [7, 11) is 0. The standard InChI is InChI=1S/C66H117NO8/c1-3-5-7-9-11-13-15-17-19-20-21-22-23-24-25-26-27-28-29-30-31-32-33-34-35-36-37-38-39-40-42-44-46-48-50-52-54-56-62(70)67-59(58-74-66-65(73)64(72)63(71)61(57-68)75-66)60(69)55-53-51-49-47-45-43-41-18-16-14-12-10-8-6-4-2/h5,7,11,13,17,19,21-22,24-25,27-28,30-31,59-61,63-66,68-69,71-73H,3-4,6,8-10,12,14-16,18,20,23,26,29,32-58H2,1-2H3,(H,67,70)/b7-5-,13-11-,19-17-,22-21-,25-24-,28-27-,31-30-. The molecule has 1 rings (SSSR count). The monoisotopic (exact) mass is 1050 g/mol. The molecular formula is C66H117NO8. The van der Waals surface area contributed by atoms with Crippen LogP contribution < -0.4 is 5.32 Å². The summed E-state index contributed by atoms with van der Waals surface area (Å²) in [6.45, 7) is 3.74. The molecule has 1 saturated heterocycles. The fraction of sp³-hybridized carbons (Fsp3) is 0.773. The normalized spacial score (nSPS) is 19.5. The largest absolute Gasteiger partial charge is 0.394 e. The number of amides is 1. The molecule has 0 aromatic carbocycles. The van der Waals surface area contributed by atoms with E-state index >= 15 is 0 Å². The molecular weight excluding hydrogens is 935 g/mol. The van der Waals surface area contributed by atoms with Gasteiger partial charge in [-0.1, -0.05) is 279 Å². The molecule has 9 nitrogen and oxygen atoms in total. The lowest BCUT2D eigenvalue weighted by molar-refractivity contribution is -0.302. The van der Waals surface area contributed by atoms with Gasteiger partial charge in [0.05, 0.1) is 25.4 Å². The third kappa shape index (κ3) is 44.0. The fourth-order valence-electron chi connectivity index (χ4n) is 9.61. The molecule has 0 spiro atoms. The van der Waals surface area contributed by atoms with Gasteiger partial charge in [0.25, 0.3) is 0 Å². The lowest BCUT2D eigenvalue weighted by atomic mass is 9.99. The van der Waals surface area contributed by atoms with E-state index in [0.29, 0.717) is 12.8 Å². The van der Waals surface area contributed by atoms with Crippen molar-refractivity contribution >= 4 is 5.91 Å². The van der Waals surface area contributed by atoms with E-state index in [-0.39, 0.29) is 12.5 Å². The molecule has 1 amide bonds. The lowest BCUT2D eigenvalue weighted by Crippen LogP contribution is -2.60. The Morgan fingerprint density at radius 1 is 0.467 bits per heavy atom. The first-order valence-corrected chi connectivity index (χ1v) is 31.3. The summed E-state index contributed by atoms with van der Waals surface area (Å²) in [5.41, 5.74) is 0. The van der Waals surface area contributed by atoms with Crippen molar-refractivity contribution in [2.24, 2.45) is 0 Å². The molecule has 7 atom stereocenters. The van der Waals surface area contributed by atoms with Crippen LogP contribution in [0.1, 0.15) is 271 Å². The molecule has 1 aliphatic heterocycles. The average molecular weight is 1050 g/mol. The average Bonchev–Trinajstić information content (AvgIpc) is 3.41. The number of carbonyl (C=O) groups excluding carboxylic acids is 1. The van der Waals surface area contributed by atoms with Crippen molar-refractivity contribution in [3.63, 3.8) is 0 Å². The van der Waals surface area contributed by atoms with Gasteiger partial charge < -0.3 is 40.3 Å². The third-order valence-corrected chi connectivity index (χ3v) is 14.5. The van der Waals surface area contributed by atoms with Crippen LogP contribution in [0.15, 0.2) is 85.1 Å². The van der Waals surface area contributed by atoms with Gasteiger partial charge in [-0.05, 0) is 70.6 Å². The molecule has 0 saturated carbocycles. The van der Waals surface area contributed by atoms with E-state index in [9.17, 15) is 30.3 Å². The number of hydrogen-bond donors (Lipinski definition) is 6. The van der Waals surface area contributed by atoms with E-state index in [0.717, 1.165) is 83.5 Å². The molecule has 0 aromatic heterocycles. The summed E-state index contributed by atoms with van der Waals surface area (Å²) < 4.78 is 11.3. The topological polar surface area (TPSA) is 149 Å². The first-order valence-electron chi connectivity index (χ1n) is 31.3. The van der Waals surface area contributed by atoms with Gasteiger partial charge in [-0.25, -0.2) is 0 Å². The van der Waals surface area contributed by atoms with Crippen molar-refractivity contribution < 1.29 is 39.8 Å². The number of nitrogens with one attached hydrogen (secondary N) is 1. The maximum absolute atomic E-state index is 13.1. The van der Waals surface area contributed by atoms with Gasteiger partial charge in [0.15, 0.2) is 6.29 Å². The Morgan fingerprint density at radius 2 is 0.827 bits per heavy atom. The van der Waals surface area contributed by atoms with Gasteiger partial charge in [0, 0.05) is 6.42 Å². The molecule has 6 N–H and O–H groups in total. The molecule has 0 aromatic rings. The van der Waals surface area contributed by atoms with Crippen LogP contribution in [0.4, 0.5) is 0 Å². The van der Waals surface area contributed by atoms with Crippen molar-refractivity contribution in [1.82, 2.24) is 5.32 Å². The molecule has 1 heterocycles. The van der Waals surface area contributed by atoms with Crippen molar-refractivity contribution in [2.45, 2.75) is 314 Å². The quantitative estimate of drug-likeness (QED) is 0.0261. The maximum atomic E-state index is 13.1. The van der Waals surface area contributed by atoms with E-state index in [1.165, 1.54) is 161 Å². The van der Waals surface area contributed by atoms with Gasteiger partial charge in [0.2, 0.25) is 5.91 Å². The molecule has 0 radical (unpaired) electrons. The molecule has 7 unspecified atom stereocenters. The molecule has 434 valence electrons. The number of carbonyl (C=O) groups is 1. The Labute approximate surface area is 461 Å². The summed E-state index contributed by atoms with van der Waals surface area (Å²) in [5, 5.41) is 54.7. The van der Waals surface area contributed by atoms with Gasteiger partial charge in [-0.3, -0.25) is 4.79 Å². The lowest BCUT2D eigenvalue weighted by Gasteiger charge is -2.40. The van der Waals surface area contributed by atoms with Crippen LogP contribution in [0.3, 0.4) is 0 Å². The number of allylic oxidation sites excluding steroid dienone is 14. The van der Waals surface area contributed by atoms with Crippen molar-refractivity contribution in [3.8, 4) is 0 Å². The van der Waals surface area contributed by atoms with Crippen LogP contribution in [0.2, 0.25) is 0 Å². The highest BCUT2D eigenvalue weighted by Gasteiger charge is 2.44. The van der Waals surface area contributed by atoms with E-state index < -0.39 is 49.5 Å². The minimum Gasteiger partial charge on any atom is -0.394 e. The zero-order chi connectivity index (χ0) is 54.3. The highest BCUT2D eigenvalue weighted by atomic mass is 16.7. The molecule has 75 heavy (non-hydrogen) atoms. The SMILES string of the molecule is CC/C=C\C/C=C\C/C=C\C/C=C\C/C=C\C/C=C\C/C=C\CCCCCCCCCCCCCCCCCC(=O)NC(COC1OC(CO)C(O)C(O)C1O)C(O)CCCCCCCCCCCCCCCCC. The van der Waals surface area contributed by atoms with Crippen molar-refractivity contribution in [3.05, 3.63) is 85.1 Å². The second-order valence-electron chi connectivity index (χ2n) is 21.5. The smallest absolute Gasteiger partial charge is 0.220 e. The highest BCUT2D eigenvalue weighted by Crippen LogP contribution is 2.23. The first kappa shape index (κ1) is 70.4. The van der Waals surface area contributed by atoms with E-state index in [1.54, 1.807) is 0 Å². The maximum Gasteiger partial charge on any atom is 0.220 e. The number of hydrogen-bond acceptors (Lipinski definition) is 8. The molecule has 1 fully saturated rings. The van der Waals surface area contributed by atoms with Crippen LogP contribution >= 0.6 is 0 Å². The van der Waals surface area contributed by atoms with Crippen molar-refractivity contribution in [2.75, 3.05) is 13.2 Å². The Morgan fingerprint density at radius 3 is 1.23 bits per heavy atom. The van der Waals surface area contributed by atoms with Crippen molar-refractivity contribution in [1.29, 1.82) is 0 Å². The molecule has 0 aliphatic carbocycles. The number of aliphatic hydroxyl groups is 5. The molecule has 9 heteroatoms. The summed E-state index contributed by atoms with van der Waals surface area (Å²) in [6, 6.07) is -0.722. The van der Waals surface area contributed by atoms with Gasteiger partial charge >= 0.3 is 0 Å². The second-order valence-corrected chi connectivity index (χ2v) is 21.5. The summed E-state index contributed by atoms with van der Waals surface area (Å²) in [6.07, 6.45) is 70.5. The number of rotatable bonds is 53. The highest BCUT2D eigenvalue weighted by molar-refractivity contribution is 5.76. The van der Waals surface area contributed by atoms with Crippen LogP contribution in [-0.2, 0) is 14.3 Å². The van der Waals surface area contributed by atoms with Crippen LogP contribution in [0.5, 0.6) is 0 Å². The van der Waals surface area contributed by atoms with E-state index in [2.05, 4.69) is 104 Å². The summed E-state index contributed by atoms with van der Waals surface area (Å²) in [4.78, 5) is 13.1. The van der Waals surface area contributed by atoms with Crippen LogP contribution in [-0.4, -0.2) is 87.5 Å². The van der Waals surface area contributed by atoms with Crippen LogP contribution in [0, 0.1) is 0 Å². The zero-order valence-electron chi connectivity index (χ0n) is 48.3. The summed E-state index contributed by atoms with van der Waals surface area (Å²) in [5.74, 6) is -0.145. The van der Waals surface area contributed by atoms with Crippen LogP contribution in [0.25, 0.3) is 0 Å². The zero-order valence-corrected chi connectivity index (χ0v) is 48.3.